The zero-order valence-corrected chi connectivity index (χ0v) is 19.3. The fourth-order valence-corrected chi connectivity index (χ4v) is 3.35. The van der Waals surface area contributed by atoms with E-state index in [9.17, 15) is 15.0 Å². The van der Waals surface area contributed by atoms with Crippen molar-refractivity contribution in [2.45, 2.75) is 26.7 Å². The van der Waals surface area contributed by atoms with Crippen LogP contribution in [0.1, 0.15) is 37.8 Å². The van der Waals surface area contributed by atoms with Crippen molar-refractivity contribution >= 4 is 45.6 Å². The van der Waals surface area contributed by atoms with E-state index in [0.29, 0.717) is 20.8 Å². The number of allylic oxidation sites excluding steroid dienone is 2. The third-order valence-electron chi connectivity index (χ3n) is 4.33. The van der Waals surface area contributed by atoms with E-state index in [1.807, 2.05) is 37.3 Å². The zero-order chi connectivity index (χ0) is 22.1. The summed E-state index contributed by atoms with van der Waals surface area (Å²) in [5.74, 6) is -0.177. The molecule has 158 valence electrons. The molecule has 0 unspecified atom stereocenters. The summed E-state index contributed by atoms with van der Waals surface area (Å²) in [7, 11) is 0. The highest BCUT2D eigenvalue weighted by atomic mass is 79.9. The van der Waals surface area contributed by atoms with E-state index in [2.05, 4.69) is 15.9 Å². The molecule has 2 rings (SSSR count). The average molecular weight is 491 g/mol. The predicted molar refractivity (Wildman–Crippen MR) is 127 cm³/mol. The van der Waals surface area contributed by atoms with Crippen LogP contribution in [0.3, 0.4) is 0 Å². The highest BCUT2D eigenvalue weighted by molar-refractivity contribution is 9.10. The summed E-state index contributed by atoms with van der Waals surface area (Å²) in [6, 6.07) is 12.4. The Balaban J connectivity index is 2.31. The molecule has 0 radical (unpaired) electrons. The molecule has 2 aromatic carbocycles. The summed E-state index contributed by atoms with van der Waals surface area (Å²) in [5.41, 5.74) is 2.73. The molecule has 0 saturated carbocycles. The molecule has 0 atom stereocenters. The molecule has 0 saturated heterocycles. The lowest BCUT2D eigenvalue weighted by Gasteiger charge is -2.22. The van der Waals surface area contributed by atoms with Crippen LogP contribution in [-0.4, -0.2) is 27.8 Å². The van der Waals surface area contributed by atoms with Crippen molar-refractivity contribution in [3.63, 3.8) is 0 Å². The first-order valence-corrected chi connectivity index (χ1v) is 10.8. The highest BCUT2D eigenvalue weighted by Crippen LogP contribution is 2.26. The van der Waals surface area contributed by atoms with E-state index in [4.69, 9.17) is 11.6 Å². The SMILES string of the molecule is CCC/C=C(\C=C\c1cccc(Cl)c1)N(CO)C(=O)/C(C)=C/c1ccc(O)c(Br)c1. The smallest absolute Gasteiger partial charge is 0.255 e. The Bertz CT molecular complexity index is 982. The van der Waals surface area contributed by atoms with Gasteiger partial charge in [-0.15, -0.1) is 0 Å². The number of halogens is 2. The number of unbranched alkanes of at least 4 members (excludes halogenated alkanes) is 1. The summed E-state index contributed by atoms with van der Waals surface area (Å²) >= 11 is 9.32. The van der Waals surface area contributed by atoms with Crippen molar-refractivity contribution in [2.24, 2.45) is 0 Å². The molecule has 30 heavy (non-hydrogen) atoms. The van der Waals surface area contributed by atoms with Crippen LogP contribution in [0.15, 0.2) is 70.4 Å². The average Bonchev–Trinajstić information content (AvgIpc) is 2.72. The zero-order valence-electron chi connectivity index (χ0n) is 17.0. The van der Waals surface area contributed by atoms with Gasteiger partial charge in [0.05, 0.1) is 4.47 Å². The predicted octanol–water partition coefficient (Wildman–Crippen LogP) is 6.39. The number of hydrogen-bond acceptors (Lipinski definition) is 3. The van der Waals surface area contributed by atoms with E-state index in [1.165, 1.54) is 4.90 Å². The van der Waals surface area contributed by atoms with E-state index in [-0.39, 0.29) is 11.7 Å². The summed E-state index contributed by atoms with van der Waals surface area (Å²) in [4.78, 5) is 14.4. The molecule has 2 aromatic rings. The van der Waals surface area contributed by atoms with Gasteiger partial charge in [0.25, 0.3) is 5.91 Å². The number of rotatable bonds is 8. The van der Waals surface area contributed by atoms with Crippen LogP contribution in [0.2, 0.25) is 5.02 Å². The Morgan fingerprint density at radius 1 is 1.20 bits per heavy atom. The second-order valence-corrected chi connectivity index (χ2v) is 8.01. The minimum Gasteiger partial charge on any atom is -0.507 e. The number of phenols is 1. The molecular weight excluding hydrogens is 466 g/mol. The fourth-order valence-electron chi connectivity index (χ4n) is 2.75. The van der Waals surface area contributed by atoms with Crippen LogP contribution in [-0.2, 0) is 4.79 Å². The van der Waals surface area contributed by atoms with Gasteiger partial charge in [-0.3, -0.25) is 9.69 Å². The van der Waals surface area contributed by atoms with Gasteiger partial charge in [0.1, 0.15) is 12.5 Å². The molecule has 2 N–H and O–H groups in total. The lowest BCUT2D eigenvalue weighted by molar-refractivity contribution is -0.127. The first kappa shape index (κ1) is 23.9. The Kier molecular flexibility index (Phi) is 9.37. The minimum atomic E-state index is -0.446. The number of carbonyl (C=O) groups is 1. The van der Waals surface area contributed by atoms with Gasteiger partial charge in [0, 0.05) is 16.3 Å². The molecule has 0 spiro atoms. The maximum atomic E-state index is 13.0. The number of aromatic hydroxyl groups is 1. The summed E-state index contributed by atoms with van der Waals surface area (Å²) in [5, 5.41) is 20.2. The molecule has 0 aromatic heterocycles. The third kappa shape index (κ3) is 6.87. The maximum absolute atomic E-state index is 13.0. The van der Waals surface area contributed by atoms with Gasteiger partial charge < -0.3 is 10.2 Å². The molecule has 6 heteroatoms. The quantitative estimate of drug-likeness (QED) is 0.256. The lowest BCUT2D eigenvalue weighted by Crippen LogP contribution is -2.31. The molecule has 0 bridgehead atoms. The Labute approximate surface area is 190 Å². The highest BCUT2D eigenvalue weighted by Gasteiger charge is 2.17. The van der Waals surface area contributed by atoms with Crippen LogP contribution < -0.4 is 0 Å². The van der Waals surface area contributed by atoms with Crippen LogP contribution in [0.25, 0.3) is 12.2 Å². The summed E-state index contributed by atoms with van der Waals surface area (Å²) in [6.07, 6.45) is 9.00. The number of carbonyl (C=O) groups excluding carboxylic acids is 1. The van der Waals surface area contributed by atoms with Gasteiger partial charge in [-0.2, -0.15) is 0 Å². The van der Waals surface area contributed by atoms with Gasteiger partial charge in [0.15, 0.2) is 0 Å². The number of benzene rings is 2. The molecule has 0 aliphatic heterocycles. The van der Waals surface area contributed by atoms with E-state index in [0.717, 1.165) is 24.0 Å². The minimum absolute atomic E-state index is 0.129. The molecule has 0 aliphatic rings. The first-order valence-electron chi connectivity index (χ1n) is 9.59. The maximum Gasteiger partial charge on any atom is 0.255 e. The van der Waals surface area contributed by atoms with Crippen molar-refractivity contribution < 1.29 is 15.0 Å². The van der Waals surface area contributed by atoms with E-state index < -0.39 is 6.73 Å². The summed E-state index contributed by atoms with van der Waals surface area (Å²) < 4.78 is 0.545. The first-order chi connectivity index (χ1) is 14.3. The molecule has 0 aliphatic carbocycles. The number of amides is 1. The molecule has 0 heterocycles. The van der Waals surface area contributed by atoms with Crippen molar-refractivity contribution in [3.8, 4) is 5.75 Å². The Hall–Kier alpha value is -2.34. The number of hydrogen-bond donors (Lipinski definition) is 2. The largest absolute Gasteiger partial charge is 0.507 e. The van der Waals surface area contributed by atoms with Crippen LogP contribution in [0.5, 0.6) is 5.75 Å². The molecule has 4 nitrogen and oxygen atoms in total. The number of phenolic OH excluding ortho intramolecular Hbond substituents is 1. The fraction of sp³-hybridized carbons (Fsp3) is 0.208. The van der Waals surface area contributed by atoms with Crippen molar-refractivity contribution in [1.29, 1.82) is 0 Å². The normalized spacial score (nSPS) is 12.4. The van der Waals surface area contributed by atoms with Crippen molar-refractivity contribution in [2.75, 3.05) is 6.73 Å². The number of aliphatic hydroxyl groups excluding tert-OH is 1. The number of aliphatic hydroxyl groups is 1. The van der Waals surface area contributed by atoms with Crippen LogP contribution in [0, 0.1) is 0 Å². The van der Waals surface area contributed by atoms with Gasteiger partial charge in [-0.25, -0.2) is 0 Å². The van der Waals surface area contributed by atoms with Crippen molar-refractivity contribution in [3.05, 3.63) is 86.5 Å². The van der Waals surface area contributed by atoms with Gasteiger partial charge in [-0.1, -0.05) is 55.3 Å². The standard InChI is InChI=1S/C24H25BrClNO3/c1-3-4-8-21(11-9-18-6-5-7-20(26)14-18)27(16-28)24(30)17(2)13-19-10-12-23(29)22(25)15-19/h5-15,28-29H,3-4,16H2,1-2H3/b11-9+,17-13+,21-8+. The van der Waals surface area contributed by atoms with Crippen molar-refractivity contribution in [1.82, 2.24) is 4.90 Å². The lowest BCUT2D eigenvalue weighted by atomic mass is 10.1. The van der Waals surface area contributed by atoms with Gasteiger partial charge in [0.2, 0.25) is 0 Å². The topological polar surface area (TPSA) is 60.8 Å². The third-order valence-corrected chi connectivity index (χ3v) is 5.20. The second kappa shape index (κ2) is 11.7. The molecule has 1 amide bonds. The van der Waals surface area contributed by atoms with Gasteiger partial charge >= 0.3 is 0 Å². The van der Waals surface area contributed by atoms with Gasteiger partial charge in [-0.05, 0) is 76.8 Å². The Morgan fingerprint density at radius 3 is 2.60 bits per heavy atom. The molecular formula is C24H25BrClNO3. The van der Waals surface area contributed by atoms with Crippen LogP contribution in [0.4, 0.5) is 0 Å². The Morgan fingerprint density at radius 2 is 1.97 bits per heavy atom. The van der Waals surface area contributed by atoms with E-state index in [1.54, 1.807) is 43.3 Å². The second-order valence-electron chi connectivity index (χ2n) is 6.72. The van der Waals surface area contributed by atoms with Crippen LogP contribution >= 0.6 is 27.5 Å². The molecule has 0 fully saturated rings. The summed E-state index contributed by atoms with van der Waals surface area (Å²) in [6.45, 7) is 3.30. The van der Waals surface area contributed by atoms with E-state index >= 15 is 0 Å². The monoisotopic (exact) mass is 489 g/mol. The number of nitrogens with zero attached hydrogens (tertiary/aromatic N) is 1.